The van der Waals surface area contributed by atoms with Gasteiger partial charge in [-0.2, -0.15) is 4.73 Å². The highest BCUT2D eigenvalue weighted by Crippen LogP contribution is 1.72. The van der Waals surface area contributed by atoms with Crippen molar-refractivity contribution >= 4 is 6.09 Å². The number of pyridine rings is 1. The normalized spacial score (nSPS) is 7.64. The third kappa shape index (κ3) is 8.22. The number of carboxylic acid groups (broad SMARTS) is 1. The first-order valence-corrected chi connectivity index (χ1v) is 2.75. The monoisotopic (exact) mass is 156 g/mol. The van der Waals surface area contributed by atoms with Gasteiger partial charge in [-0.15, -0.1) is 0 Å². The van der Waals surface area contributed by atoms with Gasteiger partial charge < -0.3 is 16.0 Å². The van der Waals surface area contributed by atoms with Gasteiger partial charge in [0.2, 0.25) is 0 Å². The summed E-state index contributed by atoms with van der Waals surface area (Å²) in [7, 11) is 0. The molecule has 5 nitrogen and oxygen atoms in total. The lowest BCUT2D eigenvalue weighted by atomic mass is 10.5. The molecular formula is C6H8N2O3. The van der Waals surface area contributed by atoms with Crippen LogP contribution in [0.25, 0.3) is 0 Å². The van der Waals surface area contributed by atoms with E-state index in [9.17, 15) is 5.21 Å². The Balaban J connectivity index is 0.000000218. The van der Waals surface area contributed by atoms with Gasteiger partial charge >= 0.3 is 6.09 Å². The van der Waals surface area contributed by atoms with Crippen LogP contribution in [0.3, 0.4) is 0 Å². The molecular weight excluding hydrogens is 148 g/mol. The molecule has 0 bridgehead atoms. The van der Waals surface area contributed by atoms with E-state index in [1.54, 1.807) is 18.2 Å². The summed E-state index contributed by atoms with van der Waals surface area (Å²) in [4.78, 5) is 8.78. The number of aromatic nitrogens is 1. The number of amides is 1. The molecule has 0 aromatic carbocycles. The number of nitrogens with zero attached hydrogens (tertiary/aromatic N) is 1. The zero-order valence-corrected chi connectivity index (χ0v) is 5.68. The number of hydrogen-bond donors (Lipinski definition) is 2. The fraction of sp³-hybridized carbons (Fsp3) is 0. The Bertz CT molecular complexity index is 208. The van der Waals surface area contributed by atoms with Crippen molar-refractivity contribution in [2.45, 2.75) is 0 Å². The van der Waals surface area contributed by atoms with Crippen molar-refractivity contribution < 1.29 is 14.6 Å². The van der Waals surface area contributed by atoms with E-state index < -0.39 is 6.09 Å². The summed E-state index contributed by atoms with van der Waals surface area (Å²) in [5.41, 5.74) is 4.03. The summed E-state index contributed by atoms with van der Waals surface area (Å²) < 4.78 is 0.750. The SMILES string of the molecule is NC(=O)O.[O-][n+]1ccccc1. The number of hydrogen-bond acceptors (Lipinski definition) is 2. The molecule has 0 saturated carbocycles. The highest BCUT2D eigenvalue weighted by molar-refractivity contribution is 5.61. The van der Waals surface area contributed by atoms with Crippen LogP contribution in [-0.4, -0.2) is 11.2 Å². The molecule has 0 spiro atoms. The minimum absolute atomic E-state index is 0.750. The van der Waals surface area contributed by atoms with Crippen molar-refractivity contribution in [2.75, 3.05) is 0 Å². The van der Waals surface area contributed by atoms with E-state index in [-0.39, 0.29) is 0 Å². The minimum atomic E-state index is -1.33. The van der Waals surface area contributed by atoms with Gasteiger partial charge in [0, 0.05) is 12.1 Å². The fourth-order valence-corrected chi connectivity index (χ4v) is 0.383. The molecule has 0 radical (unpaired) electrons. The molecule has 0 aliphatic heterocycles. The van der Waals surface area contributed by atoms with Crippen molar-refractivity contribution in [2.24, 2.45) is 5.73 Å². The van der Waals surface area contributed by atoms with Gasteiger partial charge in [-0.1, -0.05) is 6.07 Å². The molecule has 0 unspecified atom stereocenters. The summed E-state index contributed by atoms with van der Waals surface area (Å²) in [5.74, 6) is 0. The van der Waals surface area contributed by atoms with Crippen molar-refractivity contribution in [1.82, 2.24) is 0 Å². The quantitative estimate of drug-likeness (QED) is 0.407. The number of carbonyl (C=O) groups is 1. The summed E-state index contributed by atoms with van der Waals surface area (Å²) in [6.07, 6.45) is 1.56. The van der Waals surface area contributed by atoms with Crippen LogP contribution in [0, 0.1) is 5.21 Å². The number of rotatable bonds is 0. The van der Waals surface area contributed by atoms with Crippen molar-refractivity contribution in [3.05, 3.63) is 35.8 Å². The highest BCUT2D eigenvalue weighted by atomic mass is 16.5. The average molecular weight is 156 g/mol. The standard InChI is InChI=1S/C5H5NO.CH3NO2/c7-6-4-2-1-3-5-6;2-1(3)4/h1-5H;2H2,(H,3,4). The van der Waals surface area contributed by atoms with E-state index in [0.29, 0.717) is 0 Å². The molecule has 0 aliphatic carbocycles. The van der Waals surface area contributed by atoms with Crippen LogP contribution in [0.5, 0.6) is 0 Å². The van der Waals surface area contributed by atoms with E-state index in [1.165, 1.54) is 12.4 Å². The van der Waals surface area contributed by atoms with Crippen LogP contribution in [0.15, 0.2) is 30.6 Å². The van der Waals surface area contributed by atoms with Crippen molar-refractivity contribution in [1.29, 1.82) is 0 Å². The van der Waals surface area contributed by atoms with Gasteiger partial charge in [-0.25, -0.2) is 4.79 Å². The molecule has 0 atom stereocenters. The second kappa shape index (κ2) is 5.04. The summed E-state index contributed by atoms with van der Waals surface area (Å²) >= 11 is 0. The average Bonchev–Trinajstić information content (AvgIpc) is 1.87. The zero-order chi connectivity index (χ0) is 8.69. The van der Waals surface area contributed by atoms with E-state index in [1.807, 2.05) is 0 Å². The molecule has 0 fully saturated rings. The second-order valence-corrected chi connectivity index (χ2v) is 1.57. The summed E-state index contributed by atoms with van der Waals surface area (Å²) in [6, 6.07) is 5.18. The second-order valence-electron chi connectivity index (χ2n) is 1.57. The molecule has 1 aromatic rings. The van der Waals surface area contributed by atoms with E-state index in [0.717, 1.165) is 4.73 Å². The summed E-state index contributed by atoms with van der Waals surface area (Å²) in [5, 5.41) is 17.4. The molecule has 0 aliphatic rings. The van der Waals surface area contributed by atoms with Crippen LogP contribution in [0.1, 0.15) is 0 Å². The predicted molar refractivity (Wildman–Crippen MR) is 37.6 cm³/mol. The molecule has 5 heteroatoms. The van der Waals surface area contributed by atoms with Crippen molar-refractivity contribution in [3.8, 4) is 0 Å². The Kier molecular flexibility index (Phi) is 4.22. The lowest BCUT2D eigenvalue weighted by Gasteiger charge is -1.88. The van der Waals surface area contributed by atoms with E-state index in [2.05, 4.69) is 5.73 Å². The van der Waals surface area contributed by atoms with E-state index >= 15 is 0 Å². The smallest absolute Gasteiger partial charge is 0.402 e. The third-order valence-corrected chi connectivity index (χ3v) is 0.688. The summed E-state index contributed by atoms with van der Waals surface area (Å²) in [6.45, 7) is 0. The Hall–Kier alpha value is -1.78. The Labute approximate surface area is 63.3 Å². The van der Waals surface area contributed by atoms with Gasteiger partial charge in [-0.3, -0.25) is 0 Å². The van der Waals surface area contributed by atoms with Gasteiger partial charge in [0.15, 0.2) is 12.4 Å². The van der Waals surface area contributed by atoms with E-state index in [4.69, 9.17) is 9.90 Å². The maximum Gasteiger partial charge on any atom is 0.402 e. The lowest BCUT2D eigenvalue weighted by Crippen LogP contribution is -2.22. The van der Waals surface area contributed by atoms with Crippen LogP contribution in [0.2, 0.25) is 0 Å². The minimum Gasteiger partial charge on any atom is -0.619 e. The largest absolute Gasteiger partial charge is 0.619 e. The van der Waals surface area contributed by atoms with Gasteiger partial charge in [0.25, 0.3) is 0 Å². The van der Waals surface area contributed by atoms with Gasteiger partial charge in [0.05, 0.1) is 0 Å². The Morgan fingerprint density at radius 1 is 1.36 bits per heavy atom. The van der Waals surface area contributed by atoms with Gasteiger partial charge in [-0.05, 0) is 0 Å². The molecule has 60 valence electrons. The van der Waals surface area contributed by atoms with Crippen LogP contribution >= 0.6 is 0 Å². The Morgan fingerprint density at radius 2 is 1.73 bits per heavy atom. The molecule has 11 heavy (non-hydrogen) atoms. The molecule has 0 saturated heterocycles. The van der Waals surface area contributed by atoms with Crippen LogP contribution < -0.4 is 10.5 Å². The highest BCUT2D eigenvalue weighted by Gasteiger charge is 1.75. The van der Waals surface area contributed by atoms with Crippen LogP contribution in [-0.2, 0) is 0 Å². The Morgan fingerprint density at radius 3 is 1.91 bits per heavy atom. The maximum atomic E-state index is 10.2. The topological polar surface area (TPSA) is 90.3 Å². The molecule has 1 amide bonds. The zero-order valence-electron chi connectivity index (χ0n) is 5.68. The third-order valence-electron chi connectivity index (χ3n) is 0.688. The predicted octanol–water partition coefficient (Wildman–Crippen LogP) is -0.0569. The first-order valence-electron chi connectivity index (χ1n) is 2.75. The van der Waals surface area contributed by atoms with Gasteiger partial charge in [0.1, 0.15) is 0 Å². The molecule has 1 rings (SSSR count). The van der Waals surface area contributed by atoms with Crippen LogP contribution in [0.4, 0.5) is 4.79 Å². The number of primary amides is 1. The first-order chi connectivity index (χ1) is 5.13. The first kappa shape index (κ1) is 9.22. The number of nitrogens with two attached hydrogens (primary N) is 1. The maximum absolute atomic E-state index is 10.2. The molecule has 3 N–H and O–H groups in total. The molecule has 1 aromatic heterocycles. The molecule has 1 heterocycles. The lowest BCUT2D eigenvalue weighted by molar-refractivity contribution is -0.605. The van der Waals surface area contributed by atoms with Crippen molar-refractivity contribution in [3.63, 3.8) is 0 Å². The fourth-order valence-electron chi connectivity index (χ4n) is 0.383.